The number of carbonyl (C=O) groups is 1. The summed E-state index contributed by atoms with van der Waals surface area (Å²) in [6, 6.07) is 11.4. The number of hydrogen-bond donors (Lipinski definition) is 1. The summed E-state index contributed by atoms with van der Waals surface area (Å²) in [6.45, 7) is 3.59. The number of benzene rings is 2. The summed E-state index contributed by atoms with van der Waals surface area (Å²) in [7, 11) is 1.68. The number of methoxy groups -OCH3 is 1. The van der Waals surface area contributed by atoms with E-state index in [0.717, 1.165) is 43.7 Å². The zero-order valence-corrected chi connectivity index (χ0v) is 17.9. The average molecular weight is 431 g/mol. The van der Waals surface area contributed by atoms with Gasteiger partial charge in [0.2, 0.25) is 0 Å². The molecule has 1 N–H and O–H groups in total. The largest absolute Gasteiger partial charge is 0.496 e. The van der Waals surface area contributed by atoms with Gasteiger partial charge in [0.25, 0.3) is 5.91 Å². The molecule has 0 bridgehead atoms. The quantitative estimate of drug-likeness (QED) is 0.748. The van der Waals surface area contributed by atoms with Crippen LogP contribution in [0, 0.1) is 0 Å². The number of likely N-dealkylation sites (tertiary alicyclic amines) is 1. The van der Waals surface area contributed by atoms with Crippen LogP contribution in [0.25, 0.3) is 0 Å². The van der Waals surface area contributed by atoms with E-state index in [-0.39, 0.29) is 11.9 Å². The Morgan fingerprint density at radius 3 is 2.73 bits per heavy atom. The standard InChI is InChI=1S/C23H27ClN2O4/c1-28-20-8-3-2-7-17(20)19(26-9-4-5-10-26)15-25-23(27)16-13-18(24)22-21(14-16)29-11-6-12-30-22/h2-3,7-8,13-14,19H,4-6,9-12,15H2,1H3,(H,25,27). The van der Waals surface area contributed by atoms with Crippen LogP contribution in [0.4, 0.5) is 0 Å². The number of amides is 1. The molecule has 160 valence electrons. The lowest BCUT2D eigenvalue weighted by atomic mass is 10.0. The fourth-order valence-corrected chi connectivity index (χ4v) is 4.35. The summed E-state index contributed by atoms with van der Waals surface area (Å²) in [5, 5.41) is 3.47. The van der Waals surface area contributed by atoms with Crippen molar-refractivity contribution in [3.05, 3.63) is 52.5 Å². The van der Waals surface area contributed by atoms with E-state index in [4.69, 9.17) is 25.8 Å². The molecule has 2 aliphatic rings. The first-order valence-electron chi connectivity index (χ1n) is 10.4. The first-order chi connectivity index (χ1) is 14.7. The van der Waals surface area contributed by atoms with Gasteiger partial charge in [0.1, 0.15) is 5.75 Å². The Morgan fingerprint density at radius 2 is 1.93 bits per heavy atom. The molecule has 1 atom stereocenters. The second kappa shape index (κ2) is 9.58. The first kappa shape index (κ1) is 20.8. The Balaban J connectivity index is 1.53. The third-order valence-electron chi connectivity index (χ3n) is 5.60. The summed E-state index contributed by atoms with van der Waals surface area (Å²) in [5.41, 5.74) is 1.54. The Bertz CT molecular complexity index is 899. The van der Waals surface area contributed by atoms with Crippen molar-refractivity contribution in [2.75, 3.05) is 40.0 Å². The van der Waals surface area contributed by atoms with Gasteiger partial charge in [-0.3, -0.25) is 9.69 Å². The van der Waals surface area contributed by atoms with E-state index in [0.29, 0.717) is 41.8 Å². The maximum atomic E-state index is 13.0. The van der Waals surface area contributed by atoms with E-state index in [2.05, 4.69) is 16.3 Å². The summed E-state index contributed by atoms with van der Waals surface area (Å²) >= 11 is 6.36. The highest BCUT2D eigenvalue weighted by Gasteiger charge is 2.27. The Hall–Kier alpha value is -2.44. The van der Waals surface area contributed by atoms with Gasteiger partial charge < -0.3 is 19.5 Å². The monoisotopic (exact) mass is 430 g/mol. The molecule has 0 radical (unpaired) electrons. The lowest BCUT2D eigenvalue weighted by molar-refractivity contribution is 0.0937. The van der Waals surface area contributed by atoms with E-state index in [9.17, 15) is 4.79 Å². The van der Waals surface area contributed by atoms with Gasteiger partial charge >= 0.3 is 0 Å². The minimum absolute atomic E-state index is 0.0449. The molecular weight excluding hydrogens is 404 g/mol. The lowest BCUT2D eigenvalue weighted by Crippen LogP contribution is -2.37. The molecule has 1 unspecified atom stereocenters. The second-order valence-electron chi connectivity index (χ2n) is 7.55. The molecule has 2 aromatic carbocycles. The van der Waals surface area contributed by atoms with Crippen molar-refractivity contribution in [3.63, 3.8) is 0 Å². The zero-order valence-electron chi connectivity index (χ0n) is 17.2. The molecule has 1 amide bonds. The van der Waals surface area contributed by atoms with Gasteiger partial charge in [0, 0.05) is 24.1 Å². The minimum Gasteiger partial charge on any atom is -0.496 e. The maximum Gasteiger partial charge on any atom is 0.251 e. The molecule has 0 aromatic heterocycles. The van der Waals surface area contributed by atoms with Crippen molar-refractivity contribution in [2.45, 2.75) is 25.3 Å². The third-order valence-corrected chi connectivity index (χ3v) is 5.88. The van der Waals surface area contributed by atoms with Crippen molar-refractivity contribution in [1.29, 1.82) is 0 Å². The summed E-state index contributed by atoms with van der Waals surface area (Å²) in [5.74, 6) is 1.68. The van der Waals surface area contributed by atoms with Crippen LogP contribution in [0.15, 0.2) is 36.4 Å². The number of nitrogens with zero attached hydrogens (tertiary/aromatic N) is 1. The smallest absolute Gasteiger partial charge is 0.251 e. The highest BCUT2D eigenvalue weighted by atomic mass is 35.5. The van der Waals surface area contributed by atoms with Crippen molar-refractivity contribution in [1.82, 2.24) is 10.2 Å². The van der Waals surface area contributed by atoms with Crippen LogP contribution in [0.2, 0.25) is 5.02 Å². The molecule has 1 saturated heterocycles. The van der Waals surface area contributed by atoms with Crippen LogP contribution in [0.5, 0.6) is 17.2 Å². The van der Waals surface area contributed by atoms with E-state index in [1.807, 2.05) is 18.2 Å². The van der Waals surface area contributed by atoms with Crippen LogP contribution in [-0.2, 0) is 0 Å². The summed E-state index contributed by atoms with van der Waals surface area (Å²) < 4.78 is 16.9. The van der Waals surface area contributed by atoms with Crippen LogP contribution >= 0.6 is 11.6 Å². The van der Waals surface area contributed by atoms with Crippen LogP contribution < -0.4 is 19.5 Å². The topological polar surface area (TPSA) is 60.0 Å². The number of carbonyl (C=O) groups excluding carboxylic acids is 1. The molecule has 0 saturated carbocycles. The lowest BCUT2D eigenvalue weighted by Gasteiger charge is -2.29. The van der Waals surface area contributed by atoms with Gasteiger partial charge in [-0.2, -0.15) is 0 Å². The van der Waals surface area contributed by atoms with E-state index in [1.165, 1.54) is 0 Å². The molecule has 0 spiro atoms. The molecule has 2 heterocycles. The van der Waals surface area contributed by atoms with E-state index in [1.54, 1.807) is 19.2 Å². The SMILES string of the molecule is COc1ccccc1C(CNC(=O)c1cc(Cl)c2c(c1)OCCCO2)N1CCCC1. The van der Waals surface area contributed by atoms with Crippen molar-refractivity contribution >= 4 is 17.5 Å². The van der Waals surface area contributed by atoms with Crippen LogP contribution in [-0.4, -0.2) is 50.8 Å². The molecule has 1 fully saturated rings. The first-order valence-corrected chi connectivity index (χ1v) is 10.8. The number of hydrogen-bond acceptors (Lipinski definition) is 5. The number of ether oxygens (including phenoxy) is 3. The van der Waals surface area contributed by atoms with Crippen LogP contribution in [0.3, 0.4) is 0 Å². The van der Waals surface area contributed by atoms with Gasteiger partial charge in [0.15, 0.2) is 11.5 Å². The Morgan fingerprint density at radius 1 is 1.17 bits per heavy atom. The van der Waals surface area contributed by atoms with Crippen molar-refractivity contribution < 1.29 is 19.0 Å². The number of nitrogens with one attached hydrogen (secondary N) is 1. The van der Waals surface area contributed by atoms with Gasteiger partial charge in [-0.15, -0.1) is 0 Å². The van der Waals surface area contributed by atoms with E-state index < -0.39 is 0 Å². The molecule has 2 aromatic rings. The molecule has 2 aliphatic heterocycles. The number of halogens is 1. The fraction of sp³-hybridized carbons (Fsp3) is 0.435. The van der Waals surface area contributed by atoms with E-state index >= 15 is 0 Å². The second-order valence-corrected chi connectivity index (χ2v) is 7.95. The number of para-hydroxylation sites is 1. The van der Waals surface area contributed by atoms with Crippen LogP contribution in [0.1, 0.15) is 41.2 Å². The molecular formula is C23H27ClN2O4. The third kappa shape index (κ3) is 4.50. The van der Waals surface area contributed by atoms with Gasteiger partial charge in [0.05, 0.1) is 31.4 Å². The van der Waals surface area contributed by atoms with Gasteiger partial charge in [-0.05, 0) is 44.1 Å². The number of rotatable bonds is 6. The molecule has 4 rings (SSSR count). The molecule has 30 heavy (non-hydrogen) atoms. The molecule has 7 heteroatoms. The highest BCUT2D eigenvalue weighted by Crippen LogP contribution is 2.38. The van der Waals surface area contributed by atoms with Crippen molar-refractivity contribution in [3.8, 4) is 17.2 Å². The average Bonchev–Trinajstić information content (AvgIpc) is 3.18. The van der Waals surface area contributed by atoms with Gasteiger partial charge in [-0.25, -0.2) is 0 Å². The Kier molecular flexibility index (Phi) is 6.65. The maximum absolute atomic E-state index is 13.0. The zero-order chi connectivity index (χ0) is 20.9. The molecule has 0 aliphatic carbocycles. The predicted octanol–water partition coefficient (Wildman–Crippen LogP) is 4.08. The molecule has 6 nitrogen and oxygen atoms in total. The Labute approximate surface area is 182 Å². The number of fused-ring (bicyclic) bond motifs is 1. The summed E-state index contributed by atoms with van der Waals surface area (Å²) in [4.78, 5) is 15.4. The van der Waals surface area contributed by atoms with Crippen molar-refractivity contribution in [2.24, 2.45) is 0 Å². The minimum atomic E-state index is -0.188. The normalized spacial score (nSPS) is 17.3. The summed E-state index contributed by atoms with van der Waals surface area (Å²) in [6.07, 6.45) is 3.11. The fourth-order valence-electron chi connectivity index (χ4n) is 4.08. The highest BCUT2D eigenvalue weighted by molar-refractivity contribution is 6.32. The predicted molar refractivity (Wildman–Crippen MR) is 116 cm³/mol. The van der Waals surface area contributed by atoms with Gasteiger partial charge in [-0.1, -0.05) is 29.8 Å².